The lowest BCUT2D eigenvalue weighted by atomic mass is 10.00. The molecule has 32 heavy (non-hydrogen) atoms. The van der Waals surface area contributed by atoms with Crippen molar-refractivity contribution in [3.8, 4) is 11.4 Å². The van der Waals surface area contributed by atoms with Gasteiger partial charge in [0.05, 0.1) is 11.4 Å². The van der Waals surface area contributed by atoms with Gasteiger partial charge in [0, 0.05) is 32.3 Å². The fraction of sp³-hybridized carbons (Fsp3) is 0. The minimum atomic E-state index is -0.530. The van der Waals surface area contributed by atoms with Gasteiger partial charge in [-0.3, -0.25) is 19.2 Å². The standard InChI is InChI=1S/C26H14N2O4/c29-23-17-11-12-18(24(30)27(23)15-7-3-1-4-8-15)22-20-14-13-19(21(17)22)25(31)28(26(20)32)16-9-5-2-6-10-16/h1-14H. The zero-order chi connectivity index (χ0) is 22.0. The molecule has 0 unspecified atom stereocenters. The predicted octanol–water partition coefficient (Wildman–Crippen LogP) is 3.04. The molecule has 0 aliphatic carbocycles. The molecule has 8 aromatic rings. The third-order valence-electron chi connectivity index (χ3n) is 5.92. The Kier molecular flexibility index (Phi) is 3.67. The van der Waals surface area contributed by atoms with Gasteiger partial charge in [-0.1, -0.05) is 36.4 Å². The van der Waals surface area contributed by atoms with Crippen LogP contribution in [0.15, 0.2) is 104 Å². The lowest BCUT2D eigenvalue weighted by Gasteiger charge is -2.01. The van der Waals surface area contributed by atoms with Crippen molar-refractivity contribution in [3.63, 3.8) is 0 Å². The second-order valence-corrected chi connectivity index (χ2v) is 7.63. The van der Waals surface area contributed by atoms with E-state index in [2.05, 4.69) is 0 Å². The van der Waals surface area contributed by atoms with E-state index in [1.165, 1.54) is 0 Å². The summed E-state index contributed by atoms with van der Waals surface area (Å²) in [6.45, 7) is 0. The molecule has 0 saturated carbocycles. The number of fused-ring (bicyclic) bond motifs is 6. The summed E-state index contributed by atoms with van der Waals surface area (Å²) in [6.07, 6.45) is 0. The normalized spacial score (nSPS) is 11.6. The van der Waals surface area contributed by atoms with E-state index in [1.54, 1.807) is 84.9 Å². The average molecular weight is 418 g/mol. The van der Waals surface area contributed by atoms with Crippen LogP contribution >= 0.6 is 0 Å². The molecule has 6 nitrogen and oxygen atoms in total. The van der Waals surface area contributed by atoms with Gasteiger partial charge in [0.2, 0.25) is 0 Å². The van der Waals surface area contributed by atoms with Gasteiger partial charge >= 0.3 is 0 Å². The van der Waals surface area contributed by atoms with Crippen molar-refractivity contribution in [2.45, 2.75) is 0 Å². The number of hydrogen-bond donors (Lipinski definition) is 0. The number of rotatable bonds is 2. The molecule has 0 radical (unpaired) electrons. The Bertz CT molecular complexity index is 1650. The second-order valence-electron chi connectivity index (χ2n) is 7.63. The molecule has 0 saturated heterocycles. The van der Waals surface area contributed by atoms with E-state index in [0.717, 1.165) is 9.13 Å². The van der Waals surface area contributed by atoms with Crippen molar-refractivity contribution < 1.29 is 0 Å². The highest BCUT2D eigenvalue weighted by atomic mass is 16.2. The van der Waals surface area contributed by atoms with Gasteiger partial charge in [0.1, 0.15) is 0 Å². The summed E-state index contributed by atoms with van der Waals surface area (Å²) in [5.41, 5.74) is -1.26. The Morgan fingerprint density at radius 3 is 0.938 bits per heavy atom. The fourth-order valence-corrected chi connectivity index (χ4v) is 4.50. The zero-order valence-electron chi connectivity index (χ0n) is 16.6. The number of aromatic nitrogens is 2. The zero-order valence-corrected chi connectivity index (χ0v) is 16.6. The number of hydrogen-bond acceptors (Lipinski definition) is 4. The lowest BCUT2D eigenvalue weighted by Crippen LogP contribution is -2.28. The van der Waals surface area contributed by atoms with Crippen molar-refractivity contribution in [1.82, 2.24) is 9.13 Å². The van der Waals surface area contributed by atoms with E-state index >= 15 is 0 Å². The summed E-state index contributed by atoms with van der Waals surface area (Å²) in [4.78, 5) is 54.0. The highest BCUT2D eigenvalue weighted by Gasteiger charge is 2.21. The summed E-state index contributed by atoms with van der Waals surface area (Å²) >= 11 is 0. The molecule has 0 aliphatic rings. The van der Waals surface area contributed by atoms with Crippen LogP contribution in [0.3, 0.4) is 0 Å². The topological polar surface area (TPSA) is 78.1 Å². The molecule has 6 heteroatoms. The molecule has 4 aromatic heterocycles. The molecule has 8 rings (SSSR count). The van der Waals surface area contributed by atoms with Crippen LogP contribution in [0.4, 0.5) is 0 Å². The maximum absolute atomic E-state index is 13.5. The van der Waals surface area contributed by atoms with E-state index in [4.69, 9.17) is 0 Å². The van der Waals surface area contributed by atoms with E-state index in [1.807, 2.05) is 0 Å². The first-order chi connectivity index (χ1) is 15.6. The fourth-order valence-electron chi connectivity index (χ4n) is 4.50. The third kappa shape index (κ3) is 2.29. The molecule has 152 valence electrons. The monoisotopic (exact) mass is 418 g/mol. The van der Waals surface area contributed by atoms with Crippen molar-refractivity contribution in [2.75, 3.05) is 0 Å². The van der Waals surface area contributed by atoms with Crippen LogP contribution in [-0.4, -0.2) is 9.13 Å². The van der Waals surface area contributed by atoms with Crippen molar-refractivity contribution in [1.29, 1.82) is 0 Å². The number of nitrogens with zero attached hydrogens (tertiary/aromatic N) is 2. The van der Waals surface area contributed by atoms with Crippen LogP contribution < -0.4 is 22.2 Å². The SMILES string of the molecule is O=c1c2ccc(c(=O)n1-c1ccccc1)c1c3ccc(c(=O)n(-c4ccccc4)c3=O)c21. The van der Waals surface area contributed by atoms with E-state index < -0.39 is 22.2 Å². The quantitative estimate of drug-likeness (QED) is 0.433. The lowest BCUT2D eigenvalue weighted by molar-refractivity contribution is 0.975. The Labute approximate surface area is 179 Å². The molecule has 0 fully saturated rings. The highest BCUT2D eigenvalue weighted by Crippen LogP contribution is 2.29. The smallest absolute Gasteiger partial charge is 0.265 e. The molecule has 4 heterocycles. The summed E-state index contributed by atoms with van der Waals surface area (Å²) in [6, 6.07) is 23.5. The molecular weight excluding hydrogens is 404 g/mol. The molecule has 0 N–H and O–H groups in total. The van der Waals surface area contributed by atoms with Gasteiger partial charge in [-0.2, -0.15) is 0 Å². The Balaban J connectivity index is 1.94. The Morgan fingerprint density at radius 1 is 0.375 bits per heavy atom. The summed E-state index contributed by atoms with van der Waals surface area (Å²) < 4.78 is 2.20. The van der Waals surface area contributed by atoms with E-state index in [0.29, 0.717) is 22.1 Å². The number of benzene rings is 4. The van der Waals surface area contributed by atoms with Crippen LogP contribution in [0.1, 0.15) is 0 Å². The molecule has 0 amide bonds. The van der Waals surface area contributed by atoms with Gasteiger partial charge < -0.3 is 0 Å². The third-order valence-corrected chi connectivity index (χ3v) is 5.92. The van der Waals surface area contributed by atoms with Gasteiger partial charge in [-0.15, -0.1) is 0 Å². The average Bonchev–Trinajstić information content (AvgIpc) is 3.12. The van der Waals surface area contributed by atoms with Crippen molar-refractivity contribution >= 4 is 32.3 Å². The Morgan fingerprint density at radius 2 is 0.656 bits per heavy atom. The predicted molar refractivity (Wildman–Crippen MR) is 125 cm³/mol. The minimum absolute atomic E-state index is 0.214. The highest BCUT2D eigenvalue weighted by molar-refractivity contribution is 6.22. The summed E-state index contributed by atoms with van der Waals surface area (Å²) in [5, 5.41) is 1.54. The molecular formula is C26H14N2O4. The van der Waals surface area contributed by atoms with Crippen molar-refractivity contribution in [3.05, 3.63) is 126 Å². The van der Waals surface area contributed by atoms with Crippen molar-refractivity contribution in [2.24, 2.45) is 0 Å². The molecule has 0 spiro atoms. The van der Waals surface area contributed by atoms with Gasteiger partial charge in [-0.05, 0) is 48.5 Å². The van der Waals surface area contributed by atoms with Gasteiger partial charge in [-0.25, -0.2) is 9.13 Å². The largest absolute Gasteiger partial charge is 0.268 e. The van der Waals surface area contributed by atoms with E-state index in [9.17, 15) is 19.2 Å². The van der Waals surface area contributed by atoms with Crippen LogP contribution in [0, 0.1) is 0 Å². The van der Waals surface area contributed by atoms with Crippen LogP contribution in [0.2, 0.25) is 0 Å². The molecule has 0 aliphatic heterocycles. The molecule has 0 atom stereocenters. The first kappa shape index (κ1) is 18.2. The Hall–Kier alpha value is -4.58. The second kappa shape index (κ2) is 6.46. The summed E-state index contributed by atoms with van der Waals surface area (Å²) in [5.74, 6) is 0. The maximum atomic E-state index is 13.5. The molecule has 4 bridgehead atoms. The number of para-hydroxylation sites is 2. The summed E-state index contributed by atoms with van der Waals surface area (Å²) in [7, 11) is 0. The first-order valence-corrected chi connectivity index (χ1v) is 10.1. The minimum Gasteiger partial charge on any atom is -0.268 e. The van der Waals surface area contributed by atoms with E-state index in [-0.39, 0.29) is 21.5 Å². The van der Waals surface area contributed by atoms with Gasteiger partial charge in [0.15, 0.2) is 0 Å². The van der Waals surface area contributed by atoms with Crippen LogP contribution in [0.5, 0.6) is 0 Å². The maximum Gasteiger partial charge on any atom is 0.265 e. The van der Waals surface area contributed by atoms with Gasteiger partial charge in [0.25, 0.3) is 22.2 Å². The first-order valence-electron chi connectivity index (χ1n) is 10.1. The van der Waals surface area contributed by atoms with Crippen LogP contribution in [-0.2, 0) is 0 Å². The van der Waals surface area contributed by atoms with Crippen LogP contribution in [0.25, 0.3) is 43.7 Å². The molecule has 4 aromatic carbocycles.